The van der Waals surface area contributed by atoms with Crippen LogP contribution < -0.4 is 37.2 Å². The van der Waals surface area contributed by atoms with Gasteiger partial charge < -0.3 is 55.0 Å². The van der Waals surface area contributed by atoms with Gasteiger partial charge in [0.05, 0.1) is 0 Å². The second-order valence-electron chi connectivity index (χ2n) is 13.8. The van der Waals surface area contributed by atoms with Crippen LogP contribution in [0.3, 0.4) is 0 Å². The van der Waals surface area contributed by atoms with E-state index in [4.69, 9.17) is 0 Å². The van der Waals surface area contributed by atoms with Gasteiger partial charge in [-0.2, -0.15) is 113 Å². The summed E-state index contributed by atoms with van der Waals surface area (Å²) in [5.74, 6) is 4.70. The van der Waals surface area contributed by atoms with Gasteiger partial charge in [0, 0.05) is 0 Å². The van der Waals surface area contributed by atoms with Crippen LogP contribution in [0.15, 0.2) is 127 Å². The molecule has 0 bridgehead atoms. The van der Waals surface area contributed by atoms with Crippen LogP contribution in [0.1, 0.15) is 41.5 Å². The maximum Gasteiger partial charge on any atom is 2.00 e. The van der Waals surface area contributed by atoms with Crippen molar-refractivity contribution < 1.29 is 102 Å². The molecule has 0 N–H and O–H groups in total. The SMILES string of the molecule is C[C-](C)CP(C)C.C[C-](C)CP(C)C.C[C-](C)CP(C)C.[Cl-].[Cl-].[Cl-].[Ti+2].[Ti+2].[Ti+2].c1ccc2[cH-]ccc2c1.c1ccc2[cH-]ccc2c1.c1ccc2[cH-]ccc2c1. The summed E-state index contributed by atoms with van der Waals surface area (Å²) in [5, 5.41) is 7.99. The van der Waals surface area contributed by atoms with Gasteiger partial charge in [-0.1, -0.05) is 18.2 Å². The van der Waals surface area contributed by atoms with Crippen molar-refractivity contribution in [3.63, 3.8) is 0 Å². The van der Waals surface area contributed by atoms with E-state index in [1.54, 1.807) is 17.8 Å². The van der Waals surface area contributed by atoms with Crippen LogP contribution in [0.4, 0.5) is 0 Å². The molecular weight excluding hydrogens is 883 g/mol. The Bertz CT molecular complexity index is 1310. The van der Waals surface area contributed by atoms with Crippen LogP contribution in [-0.2, 0) is 65.2 Å². The maximum atomic E-state index is 2.31. The van der Waals surface area contributed by atoms with Gasteiger partial charge >= 0.3 is 65.2 Å². The van der Waals surface area contributed by atoms with Crippen molar-refractivity contribution >= 4 is 56.1 Å². The van der Waals surface area contributed by atoms with Crippen molar-refractivity contribution in [3.05, 3.63) is 145 Å². The molecule has 0 radical (unpaired) electrons. The van der Waals surface area contributed by atoms with Gasteiger partial charge in [0.25, 0.3) is 0 Å². The molecule has 0 unspecified atom stereocenters. The minimum absolute atomic E-state index is 0. The first-order valence-electron chi connectivity index (χ1n) is 16.9. The van der Waals surface area contributed by atoms with Crippen LogP contribution in [0, 0.1) is 17.8 Å². The molecule has 6 aromatic rings. The van der Waals surface area contributed by atoms with E-state index in [1.165, 1.54) is 50.8 Å². The van der Waals surface area contributed by atoms with E-state index in [0.29, 0.717) is 23.8 Å². The molecule has 0 saturated heterocycles. The van der Waals surface area contributed by atoms with Crippen LogP contribution in [-0.4, -0.2) is 58.5 Å². The number of halogens is 3. The zero-order valence-electron chi connectivity index (χ0n) is 34.7. The van der Waals surface area contributed by atoms with Crippen molar-refractivity contribution in [1.29, 1.82) is 0 Å². The molecule has 0 heterocycles. The van der Waals surface area contributed by atoms with Crippen molar-refractivity contribution in [2.45, 2.75) is 41.5 Å². The summed E-state index contributed by atoms with van der Waals surface area (Å²) >= 11 is 0. The molecule has 0 aliphatic heterocycles. The first kappa shape index (κ1) is 66.6. The van der Waals surface area contributed by atoms with Crippen molar-refractivity contribution in [3.8, 4) is 0 Å². The topological polar surface area (TPSA) is 0 Å². The molecule has 54 heavy (non-hydrogen) atoms. The second kappa shape index (κ2) is 40.6. The van der Waals surface area contributed by atoms with E-state index in [2.05, 4.69) is 209 Å². The Morgan fingerprint density at radius 1 is 0.370 bits per heavy atom. The molecule has 0 fully saturated rings. The number of benzene rings is 3. The van der Waals surface area contributed by atoms with Crippen molar-refractivity contribution in [1.82, 2.24) is 0 Å². The van der Waals surface area contributed by atoms with Gasteiger partial charge in [0.15, 0.2) is 0 Å². The number of rotatable bonds is 6. The predicted octanol–water partition coefficient (Wildman–Crippen LogP) is 5.71. The van der Waals surface area contributed by atoms with Crippen molar-refractivity contribution in [2.24, 2.45) is 0 Å². The largest absolute Gasteiger partial charge is 2.00 e. The molecule has 0 amide bonds. The van der Waals surface area contributed by atoms with E-state index in [9.17, 15) is 0 Å². The summed E-state index contributed by atoms with van der Waals surface area (Å²) in [7, 11) is 0.969. The van der Waals surface area contributed by atoms with E-state index < -0.39 is 0 Å². The summed E-state index contributed by atoms with van der Waals surface area (Å²) < 4.78 is 0. The van der Waals surface area contributed by atoms with E-state index in [1.807, 2.05) is 0 Å². The van der Waals surface area contributed by atoms with Gasteiger partial charge in [-0.25, -0.2) is 0 Å². The maximum absolute atomic E-state index is 2.31. The Morgan fingerprint density at radius 2 is 0.574 bits per heavy atom. The average molecular weight is 947 g/mol. The fourth-order valence-electron chi connectivity index (χ4n) is 5.11. The van der Waals surface area contributed by atoms with Crippen LogP contribution in [0.2, 0.25) is 0 Å². The normalized spacial score (nSPS) is 9.44. The zero-order chi connectivity index (χ0) is 35.9. The average Bonchev–Trinajstić information content (AvgIpc) is 3.77. The summed E-state index contributed by atoms with van der Waals surface area (Å²) in [5.41, 5.74) is 0. The molecule has 6 aromatic carbocycles. The van der Waals surface area contributed by atoms with Crippen LogP contribution >= 0.6 is 23.8 Å². The van der Waals surface area contributed by atoms with Gasteiger partial charge in [0.1, 0.15) is 0 Å². The molecule has 0 nitrogen and oxygen atoms in total. The molecule has 0 aromatic heterocycles. The summed E-state index contributed by atoms with van der Waals surface area (Å²) in [6, 6.07) is 44.0. The quantitative estimate of drug-likeness (QED) is 0.114. The molecule has 0 aliphatic carbocycles. The minimum Gasteiger partial charge on any atom is -1.00 e. The molecule has 0 atom stereocenters. The first-order valence-corrected chi connectivity index (χ1v) is 24.2. The summed E-state index contributed by atoms with van der Waals surface area (Å²) in [6.07, 6.45) is 4.03. The Kier molecular flexibility index (Phi) is 50.0. The van der Waals surface area contributed by atoms with E-state index in [-0.39, 0.29) is 102 Å². The van der Waals surface area contributed by atoms with Crippen LogP contribution in [0.25, 0.3) is 32.3 Å². The van der Waals surface area contributed by atoms with Gasteiger partial charge in [-0.3, -0.25) is 0 Å². The minimum atomic E-state index is 0. The fourth-order valence-corrected chi connectivity index (χ4v) is 8.90. The van der Waals surface area contributed by atoms with Gasteiger partial charge in [-0.05, 0) is 40.0 Å². The monoisotopic (exact) mass is 945 g/mol. The van der Waals surface area contributed by atoms with E-state index >= 15 is 0 Å². The standard InChI is InChI=1S/3C9H7.3C6H14P.3ClH.3Ti/c3*1-2-5-9-7-3-6-8(9)4-1;3*1-6(2)5-7(3)4;;;;;;/h3*1-7H;3*5H2,1-4H3;3*1H;;;/q6*-1;;;;3*+2/p-3. The first-order chi connectivity index (χ1) is 22.8. The molecule has 294 valence electrons. The van der Waals surface area contributed by atoms with Crippen LogP contribution in [0.5, 0.6) is 0 Å². The zero-order valence-corrected chi connectivity index (χ0v) is 44.4. The molecule has 0 aliphatic rings. The Labute approximate surface area is 399 Å². The molecule has 9 heteroatoms. The Morgan fingerprint density at radius 3 is 0.722 bits per heavy atom. The third-order valence-electron chi connectivity index (χ3n) is 6.54. The van der Waals surface area contributed by atoms with Gasteiger partial charge in [0.2, 0.25) is 0 Å². The molecule has 0 spiro atoms. The third kappa shape index (κ3) is 34.8. The van der Waals surface area contributed by atoms with Gasteiger partial charge in [-0.15, -0.1) is 113 Å². The second-order valence-corrected chi connectivity index (χ2v) is 21.2. The number of hydrogen-bond donors (Lipinski definition) is 0. The third-order valence-corrected chi connectivity index (χ3v) is 10.3. The van der Waals surface area contributed by atoms with E-state index in [0.717, 1.165) is 0 Å². The molecule has 0 saturated carbocycles. The number of hydrogen-bond acceptors (Lipinski definition) is 0. The fraction of sp³-hybridized carbons (Fsp3) is 0.333. The Balaban J connectivity index is -0.000000126. The summed E-state index contributed by atoms with van der Waals surface area (Å²) in [6.45, 7) is 27.0. The smallest absolute Gasteiger partial charge is 1.00 e. The summed E-state index contributed by atoms with van der Waals surface area (Å²) in [4.78, 5) is 0. The van der Waals surface area contributed by atoms with Crippen molar-refractivity contribution in [2.75, 3.05) is 58.5 Å². The molecular formula is C45H63Cl3P3Ti3-3. The Hall–Kier alpha value is 0.793. The molecule has 6 rings (SSSR count). The number of fused-ring (bicyclic) bond motifs is 3. The predicted molar refractivity (Wildman–Crippen MR) is 233 cm³/mol.